The zero-order valence-electron chi connectivity index (χ0n) is 20.5. The number of aryl methyl sites for hydroxylation is 3. The van der Waals surface area contributed by atoms with Crippen LogP contribution in [-0.2, 0) is 13.5 Å². The van der Waals surface area contributed by atoms with Crippen LogP contribution in [-0.4, -0.2) is 0 Å². The lowest BCUT2D eigenvalue weighted by Crippen LogP contribution is -2.32. The van der Waals surface area contributed by atoms with E-state index in [0.717, 1.165) is 17.6 Å². The van der Waals surface area contributed by atoms with Crippen molar-refractivity contribution in [3.8, 4) is 11.3 Å². The molecule has 3 aromatic carbocycles. The molecule has 3 heterocycles. The summed E-state index contributed by atoms with van der Waals surface area (Å²) in [5.74, 6) is 0. The molecule has 0 amide bonds. The summed E-state index contributed by atoms with van der Waals surface area (Å²) in [5, 5.41) is 5.09. The first-order chi connectivity index (χ1) is 15.6. The number of benzene rings is 3. The molecule has 2 nitrogen and oxygen atoms in total. The molecule has 1 aliphatic heterocycles. The second-order valence-electron chi connectivity index (χ2n) is 10.9. The topological polar surface area (TPSA) is 17.0 Å². The van der Waals surface area contributed by atoms with Crippen LogP contribution in [0, 0.1) is 26.2 Å². The van der Waals surface area contributed by atoms with Crippen molar-refractivity contribution in [1.29, 1.82) is 0 Å². The van der Waals surface area contributed by atoms with E-state index >= 15 is 0 Å². The minimum absolute atomic E-state index is 0.202. The van der Waals surface area contributed by atoms with Crippen molar-refractivity contribution in [2.45, 2.75) is 57.8 Å². The maximum absolute atomic E-state index is 6.62. The number of furan rings is 1. The van der Waals surface area contributed by atoms with Crippen molar-refractivity contribution in [2.75, 3.05) is 0 Å². The van der Waals surface area contributed by atoms with Crippen molar-refractivity contribution >= 4 is 44.5 Å². The van der Waals surface area contributed by atoms with E-state index in [1.165, 1.54) is 64.8 Å². The summed E-state index contributed by atoms with van der Waals surface area (Å²) in [4.78, 5) is 2.71. The molecule has 0 saturated heterocycles. The summed E-state index contributed by atoms with van der Waals surface area (Å²) in [7, 11) is 2.18. The van der Waals surface area contributed by atoms with Crippen LogP contribution in [0.25, 0.3) is 44.0 Å². The molecular formula is C30H30NOS+. The first-order valence-electron chi connectivity index (χ1n) is 11.7. The van der Waals surface area contributed by atoms with Gasteiger partial charge in [-0.1, -0.05) is 56.8 Å². The molecule has 0 bridgehead atoms. The number of rotatable bonds is 1. The molecule has 0 aliphatic carbocycles. The first-order valence-corrected chi connectivity index (χ1v) is 12.5. The minimum atomic E-state index is 0.202. The fraction of sp³-hybridized carbons (Fsp3) is 0.300. The Balaban J connectivity index is 1.79. The highest BCUT2D eigenvalue weighted by Gasteiger charge is 2.32. The Labute approximate surface area is 199 Å². The van der Waals surface area contributed by atoms with Crippen LogP contribution in [0.2, 0.25) is 0 Å². The third-order valence-corrected chi connectivity index (χ3v) is 8.41. The third-order valence-electron chi connectivity index (χ3n) is 7.07. The van der Waals surface area contributed by atoms with Crippen molar-refractivity contribution in [2.24, 2.45) is 12.5 Å². The van der Waals surface area contributed by atoms with Gasteiger partial charge < -0.3 is 4.42 Å². The van der Waals surface area contributed by atoms with E-state index < -0.39 is 0 Å². The summed E-state index contributed by atoms with van der Waals surface area (Å²) >= 11 is 1.93. The highest BCUT2D eigenvalue weighted by molar-refractivity contribution is 8.00. The van der Waals surface area contributed by atoms with Crippen molar-refractivity contribution in [3.05, 3.63) is 64.8 Å². The fourth-order valence-corrected chi connectivity index (χ4v) is 6.92. The predicted octanol–water partition coefficient (Wildman–Crippen LogP) is 8.21. The number of hydrogen-bond acceptors (Lipinski definition) is 2. The molecule has 0 spiro atoms. The molecule has 0 saturated carbocycles. The molecule has 1 aliphatic rings. The lowest BCUT2D eigenvalue weighted by Gasteiger charge is -2.23. The molecule has 3 heteroatoms. The van der Waals surface area contributed by atoms with Crippen LogP contribution < -0.4 is 4.57 Å². The van der Waals surface area contributed by atoms with Gasteiger partial charge in [0.2, 0.25) is 5.69 Å². The van der Waals surface area contributed by atoms with Gasteiger partial charge in [0.05, 0.1) is 10.9 Å². The van der Waals surface area contributed by atoms with Gasteiger partial charge in [-0.05, 0) is 66.3 Å². The molecule has 0 unspecified atom stereocenters. The number of nitrogens with zero attached hydrogens (tertiary/aromatic N) is 1. The van der Waals surface area contributed by atoms with Crippen LogP contribution in [0.1, 0.15) is 43.0 Å². The van der Waals surface area contributed by atoms with Crippen molar-refractivity contribution in [3.63, 3.8) is 0 Å². The average molecular weight is 453 g/mol. The van der Waals surface area contributed by atoms with Crippen LogP contribution in [0.3, 0.4) is 0 Å². The van der Waals surface area contributed by atoms with Gasteiger partial charge in [-0.15, -0.1) is 0 Å². The maximum Gasteiger partial charge on any atom is 0.222 e. The van der Waals surface area contributed by atoms with Gasteiger partial charge in [-0.3, -0.25) is 0 Å². The Morgan fingerprint density at radius 2 is 1.73 bits per heavy atom. The third kappa shape index (κ3) is 2.98. The Hall–Kier alpha value is -2.78. The van der Waals surface area contributed by atoms with Crippen LogP contribution >= 0.6 is 11.8 Å². The van der Waals surface area contributed by atoms with Crippen LogP contribution in [0.4, 0.5) is 0 Å². The van der Waals surface area contributed by atoms with E-state index in [4.69, 9.17) is 4.42 Å². The monoisotopic (exact) mass is 452 g/mol. The molecule has 33 heavy (non-hydrogen) atoms. The summed E-state index contributed by atoms with van der Waals surface area (Å²) in [6, 6.07) is 13.5. The van der Waals surface area contributed by atoms with Gasteiger partial charge in [0.1, 0.15) is 18.2 Å². The van der Waals surface area contributed by atoms with E-state index in [1.807, 2.05) is 11.8 Å². The quantitative estimate of drug-likeness (QED) is 0.234. The van der Waals surface area contributed by atoms with Crippen LogP contribution in [0.15, 0.2) is 56.8 Å². The molecule has 0 atom stereocenters. The molecule has 5 aromatic rings. The molecule has 0 N–H and O–H groups in total. The van der Waals surface area contributed by atoms with Gasteiger partial charge in [0, 0.05) is 26.6 Å². The predicted molar refractivity (Wildman–Crippen MR) is 139 cm³/mol. The van der Waals surface area contributed by atoms with E-state index in [9.17, 15) is 0 Å². The minimum Gasteiger partial charge on any atom is -0.456 e. The second kappa shape index (κ2) is 6.87. The smallest absolute Gasteiger partial charge is 0.222 e. The summed E-state index contributed by atoms with van der Waals surface area (Å²) < 4.78 is 8.92. The lowest BCUT2D eigenvalue weighted by molar-refractivity contribution is -0.659. The highest BCUT2D eigenvalue weighted by Crippen LogP contribution is 2.53. The first kappa shape index (κ1) is 20.8. The van der Waals surface area contributed by atoms with Gasteiger partial charge in [-0.25, -0.2) is 4.57 Å². The van der Waals surface area contributed by atoms with E-state index in [0.29, 0.717) is 0 Å². The zero-order chi connectivity index (χ0) is 23.2. The van der Waals surface area contributed by atoms with Crippen molar-refractivity contribution in [1.82, 2.24) is 0 Å². The zero-order valence-corrected chi connectivity index (χ0v) is 21.3. The molecular weight excluding hydrogens is 422 g/mol. The molecule has 0 fully saturated rings. The second-order valence-corrected chi connectivity index (χ2v) is 11.9. The summed E-state index contributed by atoms with van der Waals surface area (Å²) in [6.07, 6.45) is 3.19. The summed E-state index contributed by atoms with van der Waals surface area (Å²) in [6.45, 7) is 13.6. The largest absolute Gasteiger partial charge is 0.456 e. The van der Waals surface area contributed by atoms with Gasteiger partial charge >= 0.3 is 0 Å². The molecule has 6 rings (SSSR count). The van der Waals surface area contributed by atoms with Gasteiger partial charge in [0.25, 0.3) is 0 Å². The lowest BCUT2D eigenvalue weighted by atomic mass is 9.87. The Morgan fingerprint density at radius 1 is 0.939 bits per heavy atom. The van der Waals surface area contributed by atoms with Gasteiger partial charge in [0.15, 0.2) is 6.20 Å². The highest BCUT2D eigenvalue weighted by atomic mass is 32.2. The number of fused-ring (bicyclic) bond motifs is 6. The van der Waals surface area contributed by atoms with Crippen LogP contribution in [0.5, 0.6) is 0 Å². The Morgan fingerprint density at radius 3 is 2.48 bits per heavy atom. The fourth-order valence-electron chi connectivity index (χ4n) is 5.52. The van der Waals surface area contributed by atoms with E-state index in [1.54, 1.807) is 0 Å². The van der Waals surface area contributed by atoms with E-state index in [2.05, 4.69) is 95.8 Å². The number of para-hydroxylation sites is 1. The maximum atomic E-state index is 6.62. The number of hydrogen-bond donors (Lipinski definition) is 0. The normalized spacial score (nSPS) is 13.3. The number of aromatic nitrogens is 1. The van der Waals surface area contributed by atoms with Gasteiger partial charge in [-0.2, -0.15) is 0 Å². The Bertz CT molecular complexity index is 1630. The SMILES string of the molecule is Cc1cc(C)c2c(c1C)-c1c3c(c4c(cc3cc[n+]1C)oc1c(CC(C)(C)C)cccc14)S2. The summed E-state index contributed by atoms with van der Waals surface area (Å²) in [5.41, 5.74) is 10.3. The molecule has 166 valence electrons. The average Bonchev–Trinajstić information content (AvgIpc) is 3.12. The van der Waals surface area contributed by atoms with Crippen molar-refractivity contribution < 1.29 is 8.98 Å². The van der Waals surface area contributed by atoms with E-state index in [-0.39, 0.29) is 5.41 Å². The number of pyridine rings is 1. The molecule has 2 aromatic heterocycles. The standard InChI is InChI=1S/C30H30NOS/c1-16-13-17(2)28-23(18(16)3)26-24-19(11-12-31(26)7)14-22-25(29(24)33-28)21-10-8-9-20(27(21)32-22)15-30(4,5)6/h8-14H,15H2,1-7H3/q+1. The Kier molecular flexibility index (Phi) is 4.33. The molecule has 0 radical (unpaired) electrons.